The molecule has 0 radical (unpaired) electrons. The van der Waals surface area contributed by atoms with E-state index < -0.39 is 17.8 Å². The number of unbranched alkanes of at least 4 members (excludes halogenated alkanes) is 1. The van der Waals surface area contributed by atoms with E-state index in [1.807, 2.05) is 35.2 Å². The molecule has 0 aliphatic carbocycles. The largest absolute Gasteiger partial charge is 0.480 e. The van der Waals surface area contributed by atoms with Crippen LogP contribution in [0.25, 0.3) is 0 Å². The van der Waals surface area contributed by atoms with E-state index >= 15 is 0 Å². The number of nitrogens with one attached hydrogen (secondary N) is 1. The van der Waals surface area contributed by atoms with E-state index in [1.54, 1.807) is 6.07 Å². The fourth-order valence-corrected chi connectivity index (χ4v) is 7.23. The smallest absolute Gasteiger partial charge is 0.325 e. The van der Waals surface area contributed by atoms with E-state index in [0.29, 0.717) is 50.3 Å². The van der Waals surface area contributed by atoms with Gasteiger partial charge in [0.1, 0.15) is 24.3 Å². The molecular formula is C38H46FN3O6. The number of nitrogens with zero attached hydrogens (tertiary/aromatic N) is 2. The van der Waals surface area contributed by atoms with Crippen LogP contribution in [0.15, 0.2) is 60.7 Å². The number of aromatic nitrogens is 1. The molecule has 256 valence electrons. The number of fused-ring (bicyclic) bond motifs is 1. The van der Waals surface area contributed by atoms with Gasteiger partial charge in [-0.15, -0.1) is 0 Å². The Balaban J connectivity index is 1.13. The van der Waals surface area contributed by atoms with Gasteiger partial charge >= 0.3 is 11.9 Å². The molecule has 4 atom stereocenters. The van der Waals surface area contributed by atoms with Gasteiger partial charge < -0.3 is 24.6 Å². The van der Waals surface area contributed by atoms with Crippen molar-refractivity contribution in [1.82, 2.24) is 9.88 Å². The maximum atomic E-state index is 14.6. The van der Waals surface area contributed by atoms with Crippen LogP contribution in [0.1, 0.15) is 72.5 Å². The number of anilines is 1. The third-order valence-electron chi connectivity index (χ3n) is 9.87. The molecule has 10 heteroatoms. The van der Waals surface area contributed by atoms with E-state index in [-0.39, 0.29) is 37.1 Å². The second kappa shape index (κ2) is 16.5. The molecule has 2 fully saturated rings. The summed E-state index contributed by atoms with van der Waals surface area (Å²) in [5, 5.41) is 13.9. The third-order valence-corrected chi connectivity index (χ3v) is 9.87. The predicted molar refractivity (Wildman–Crippen MR) is 179 cm³/mol. The molecule has 2 saturated heterocycles. The summed E-state index contributed by atoms with van der Waals surface area (Å²) in [6, 6.07) is 17.1. The van der Waals surface area contributed by atoms with Gasteiger partial charge in [0.15, 0.2) is 0 Å². The zero-order chi connectivity index (χ0) is 33.3. The zero-order valence-corrected chi connectivity index (χ0v) is 27.5. The van der Waals surface area contributed by atoms with Crippen LogP contribution in [0.3, 0.4) is 0 Å². The second-order valence-corrected chi connectivity index (χ2v) is 13.2. The zero-order valence-electron chi connectivity index (χ0n) is 27.5. The summed E-state index contributed by atoms with van der Waals surface area (Å²) >= 11 is 0. The molecular weight excluding hydrogens is 613 g/mol. The fraction of sp³-hybridized carbons (Fsp3) is 0.500. The molecule has 2 aromatic carbocycles. The first-order valence-electron chi connectivity index (χ1n) is 17.3. The van der Waals surface area contributed by atoms with Gasteiger partial charge in [0.25, 0.3) is 0 Å². The highest BCUT2D eigenvalue weighted by molar-refractivity contribution is 5.76. The van der Waals surface area contributed by atoms with E-state index in [1.165, 1.54) is 17.7 Å². The van der Waals surface area contributed by atoms with Gasteiger partial charge in [-0.1, -0.05) is 48.9 Å². The molecule has 3 aliphatic heterocycles. The number of hydrogen-bond acceptors (Lipinski definition) is 8. The topological polar surface area (TPSA) is 110 Å². The number of halogens is 1. The molecule has 1 aromatic heterocycles. The Labute approximate surface area is 281 Å². The van der Waals surface area contributed by atoms with Crippen molar-refractivity contribution >= 4 is 17.8 Å². The molecule has 6 rings (SSSR count). The van der Waals surface area contributed by atoms with E-state index in [2.05, 4.69) is 17.4 Å². The Bertz CT molecular complexity index is 1530. The highest BCUT2D eigenvalue weighted by atomic mass is 19.1. The van der Waals surface area contributed by atoms with E-state index in [0.717, 1.165) is 62.1 Å². The average Bonchev–Trinajstić information content (AvgIpc) is 3.80. The number of benzene rings is 2. The summed E-state index contributed by atoms with van der Waals surface area (Å²) in [6.07, 6.45) is 6.66. The molecule has 1 unspecified atom stereocenters. The number of hydrogen-bond donors (Lipinski definition) is 2. The predicted octanol–water partition coefficient (Wildman–Crippen LogP) is 6.10. The van der Waals surface area contributed by atoms with Crippen LogP contribution < -0.4 is 5.32 Å². The Morgan fingerprint density at radius 1 is 1.08 bits per heavy atom. The van der Waals surface area contributed by atoms with Crippen LogP contribution in [0, 0.1) is 17.7 Å². The minimum absolute atomic E-state index is 0.0651. The highest BCUT2D eigenvalue weighted by Crippen LogP contribution is 2.36. The molecule has 0 spiro atoms. The van der Waals surface area contributed by atoms with Crippen LogP contribution in [0.4, 0.5) is 10.2 Å². The molecule has 9 nitrogen and oxygen atoms in total. The van der Waals surface area contributed by atoms with Crippen molar-refractivity contribution in [2.45, 2.75) is 76.7 Å². The summed E-state index contributed by atoms with van der Waals surface area (Å²) in [4.78, 5) is 33.1. The molecule has 4 heterocycles. The number of rotatable bonds is 15. The Morgan fingerprint density at radius 3 is 2.77 bits per heavy atom. The van der Waals surface area contributed by atoms with Crippen molar-refractivity contribution in [2.75, 3.05) is 38.2 Å². The molecule has 0 bridgehead atoms. The third kappa shape index (κ3) is 8.78. The van der Waals surface area contributed by atoms with Gasteiger partial charge in [0, 0.05) is 25.4 Å². The first-order chi connectivity index (χ1) is 23.4. The number of carbonyl (C=O) groups excluding carboxylic acids is 1. The number of pyridine rings is 1. The van der Waals surface area contributed by atoms with Crippen molar-refractivity contribution in [3.63, 3.8) is 0 Å². The van der Waals surface area contributed by atoms with Gasteiger partial charge in [-0.25, -0.2) is 9.37 Å². The van der Waals surface area contributed by atoms with E-state index in [9.17, 15) is 19.1 Å². The number of esters is 1. The summed E-state index contributed by atoms with van der Waals surface area (Å²) in [5.41, 5.74) is 4.25. The van der Waals surface area contributed by atoms with Gasteiger partial charge in [-0.3, -0.25) is 14.5 Å². The first kappa shape index (κ1) is 34.0. The SMILES string of the molecule is O=C(OCc1ccccc1)C(CCCCc1ccc2c(n1)NCCC2)[C@@H]1CCN([C@H](C(=O)O)c2cc(F)ccc2CO[C@H]2CCOC2)C1. The van der Waals surface area contributed by atoms with E-state index in [4.69, 9.17) is 19.2 Å². The normalized spacial score (nSPS) is 20.5. The number of aliphatic carboxylic acids is 1. The van der Waals surface area contributed by atoms with Crippen molar-refractivity contribution in [3.05, 3.63) is 94.4 Å². The Morgan fingerprint density at radius 2 is 1.96 bits per heavy atom. The van der Waals surface area contributed by atoms with Gasteiger partial charge in [0.05, 0.1) is 25.2 Å². The summed E-state index contributed by atoms with van der Waals surface area (Å²) in [5.74, 6) is -1.30. The van der Waals surface area contributed by atoms with Crippen molar-refractivity contribution in [2.24, 2.45) is 11.8 Å². The number of aryl methyl sites for hydroxylation is 2. The lowest BCUT2D eigenvalue weighted by molar-refractivity contribution is -0.152. The van der Waals surface area contributed by atoms with Crippen LogP contribution >= 0.6 is 0 Å². The number of likely N-dealkylation sites (tertiary alicyclic amines) is 1. The lowest BCUT2D eigenvalue weighted by Crippen LogP contribution is -2.35. The minimum atomic E-state index is -1.06. The number of carboxylic acids is 1. The molecule has 3 aromatic rings. The maximum absolute atomic E-state index is 14.6. The molecule has 2 N–H and O–H groups in total. The van der Waals surface area contributed by atoms with Crippen LogP contribution in [-0.4, -0.2) is 65.9 Å². The monoisotopic (exact) mass is 659 g/mol. The van der Waals surface area contributed by atoms with Gasteiger partial charge in [-0.05, 0) is 97.9 Å². The average molecular weight is 660 g/mol. The van der Waals surface area contributed by atoms with Crippen LogP contribution in [-0.2, 0) is 49.9 Å². The Hall–Kier alpha value is -3.86. The van der Waals surface area contributed by atoms with Crippen LogP contribution in [0.5, 0.6) is 0 Å². The lowest BCUT2D eigenvalue weighted by atomic mass is 9.86. The molecule has 0 saturated carbocycles. The quantitative estimate of drug-likeness (QED) is 0.148. The number of ether oxygens (including phenoxy) is 3. The fourth-order valence-electron chi connectivity index (χ4n) is 7.23. The van der Waals surface area contributed by atoms with Crippen molar-refractivity contribution < 1.29 is 33.3 Å². The van der Waals surface area contributed by atoms with Gasteiger partial charge in [0.2, 0.25) is 0 Å². The summed E-state index contributed by atoms with van der Waals surface area (Å²) in [7, 11) is 0. The van der Waals surface area contributed by atoms with Crippen LogP contribution in [0.2, 0.25) is 0 Å². The summed E-state index contributed by atoms with van der Waals surface area (Å²) in [6.45, 7) is 3.31. The molecule has 0 amide bonds. The summed E-state index contributed by atoms with van der Waals surface area (Å²) < 4.78 is 31.8. The standard InChI is InChI=1S/C38H46FN3O6/c39-30-14-12-29(24-47-32-17-20-46-25-32)34(21-30)35(37(43)44)42-19-16-28(22-42)33(38(45)48-23-26-7-2-1-3-8-26)11-5-4-10-31-15-13-27-9-6-18-40-36(27)41-31/h1-3,7-8,12-15,21,28,32-33,35H,4-6,9-11,16-20,22-25H2,(H,40,41)(H,43,44)/t28-,32+,33?,35+/m1/s1. The highest BCUT2D eigenvalue weighted by Gasteiger charge is 2.40. The Kier molecular flexibility index (Phi) is 11.7. The first-order valence-corrected chi connectivity index (χ1v) is 17.3. The van der Waals surface area contributed by atoms with Gasteiger partial charge in [-0.2, -0.15) is 0 Å². The number of carboxylic acid groups (broad SMARTS) is 1. The molecule has 3 aliphatic rings. The number of carbonyl (C=O) groups is 2. The molecule has 48 heavy (non-hydrogen) atoms. The minimum Gasteiger partial charge on any atom is -0.480 e. The lowest BCUT2D eigenvalue weighted by Gasteiger charge is -2.28. The van der Waals surface area contributed by atoms with Crippen molar-refractivity contribution in [3.8, 4) is 0 Å². The van der Waals surface area contributed by atoms with Crippen molar-refractivity contribution in [1.29, 1.82) is 0 Å². The second-order valence-electron chi connectivity index (χ2n) is 13.2. The maximum Gasteiger partial charge on any atom is 0.325 e.